The van der Waals surface area contributed by atoms with Crippen molar-refractivity contribution in [2.45, 2.75) is 12.8 Å². The number of azo groups is 1. The van der Waals surface area contributed by atoms with Gasteiger partial charge in [0.2, 0.25) is 0 Å². The SMILES string of the molecule is O=C(O)CCN(CCC(=O)O)c1ccc(N=Nc2c(Cl)cc([N+](=O)[O-])cc2Br)cc1. The molecule has 10 nitrogen and oxygen atoms in total. The molecule has 2 N–H and O–H groups in total. The van der Waals surface area contributed by atoms with Gasteiger partial charge in [-0.25, -0.2) is 0 Å². The molecule has 0 heterocycles. The molecule has 0 amide bonds. The number of nitro benzene ring substituents is 1. The molecule has 0 unspecified atom stereocenters. The van der Waals surface area contributed by atoms with Gasteiger partial charge in [0.1, 0.15) is 5.69 Å². The number of carboxylic acid groups (broad SMARTS) is 2. The van der Waals surface area contributed by atoms with Crippen LogP contribution < -0.4 is 4.90 Å². The van der Waals surface area contributed by atoms with Crippen LogP contribution in [0.25, 0.3) is 0 Å². The molecule has 0 radical (unpaired) electrons. The normalized spacial score (nSPS) is 10.9. The van der Waals surface area contributed by atoms with E-state index in [-0.39, 0.29) is 42.3 Å². The van der Waals surface area contributed by atoms with E-state index >= 15 is 0 Å². The number of nitrogens with zero attached hydrogens (tertiary/aromatic N) is 4. The molecule has 2 aromatic carbocycles. The topological polar surface area (TPSA) is 146 Å². The van der Waals surface area contributed by atoms with Crippen molar-refractivity contribution in [3.8, 4) is 0 Å². The van der Waals surface area contributed by atoms with E-state index in [2.05, 4.69) is 26.2 Å². The van der Waals surface area contributed by atoms with Crippen molar-refractivity contribution < 1.29 is 24.7 Å². The molecule has 158 valence electrons. The first-order valence-electron chi connectivity index (χ1n) is 8.51. The average Bonchev–Trinajstić information content (AvgIpc) is 2.67. The number of carboxylic acids is 2. The Morgan fingerprint density at radius 2 is 1.63 bits per heavy atom. The van der Waals surface area contributed by atoms with Gasteiger partial charge in [-0.15, -0.1) is 5.11 Å². The summed E-state index contributed by atoms with van der Waals surface area (Å²) >= 11 is 9.22. The van der Waals surface area contributed by atoms with Crippen molar-refractivity contribution >= 4 is 62.2 Å². The van der Waals surface area contributed by atoms with Gasteiger partial charge in [-0.1, -0.05) is 11.6 Å². The highest BCUT2D eigenvalue weighted by Gasteiger charge is 2.14. The number of anilines is 1. The van der Waals surface area contributed by atoms with Crippen molar-refractivity contribution in [1.29, 1.82) is 0 Å². The van der Waals surface area contributed by atoms with E-state index in [1.165, 1.54) is 12.1 Å². The molecule has 0 aliphatic carbocycles. The van der Waals surface area contributed by atoms with Crippen LogP contribution in [0.15, 0.2) is 51.1 Å². The molecular weight excluding hydrogens is 484 g/mol. The molecule has 0 saturated heterocycles. The Bertz CT molecular complexity index is 942. The molecular formula is C18H16BrClN4O6. The molecule has 0 saturated carbocycles. The number of nitro groups is 1. The Kier molecular flexibility index (Phi) is 8.25. The monoisotopic (exact) mass is 498 g/mol. The second kappa shape index (κ2) is 10.6. The Labute approximate surface area is 184 Å². The van der Waals surface area contributed by atoms with Gasteiger partial charge in [0.15, 0.2) is 0 Å². The van der Waals surface area contributed by atoms with Crippen molar-refractivity contribution in [2.24, 2.45) is 10.2 Å². The summed E-state index contributed by atoms with van der Waals surface area (Å²) < 4.78 is 0.315. The predicted molar refractivity (Wildman–Crippen MR) is 113 cm³/mol. The van der Waals surface area contributed by atoms with Crippen LogP contribution in [0.4, 0.5) is 22.7 Å². The van der Waals surface area contributed by atoms with Gasteiger partial charge in [-0.2, -0.15) is 5.11 Å². The molecule has 2 rings (SSSR count). The van der Waals surface area contributed by atoms with E-state index in [4.69, 9.17) is 21.8 Å². The first-order chi connectivity index (χ1) is 14.2. The van der Waals surface area contributed by atoms with Crippen LogP contribution in [0, 0.1) is 10.1 Å². The molecule has 30 heavy (non-hydrogen) atoms. The van der Waals surface area contributed by atoms with Gasteiger partial charge < -0.3 is 15.1 Å². The van der Waals surface area contributed by atoms with Gasteiger partial charge in [0, 0.05) is 30.9 Å². The van der Waals surface area contributed by atoms with Gasteiger partial charge in [-0.3, -0.25) is 19.7 Å². The average molecular weight is 500 g/mol. The van der Waals surface area contributed by atoms with Crippen LogP contribution in [0.5, 0.6) is 0 Å². The second-order valence-electron chi connectivity index (χ2n) is 6.01. The molecule has 0 atom stereocenters. The van der Waals surface area contributed by atoms with Crippen LogP contribution >= 0.6 is 27.5 Å². The number of aliphatic carboxylic acids is 2. The Morgan fingerprint density at radius 1 is 1.07 bits per heavy atom. The summed E-state index contributed by atoms with van der Waals surface area (Å²) in [6.07, 6.45) is -0.262. The van der Waals surface area contributed by atoms with E-state index in [0.29, 0.717) is 15.8 Å². The minimum Gasteiger partial charge on any atom is -0.481 e. The predicted octanol–water partition coefficient (Wildman–Crippen LogP) is 5.18. The smallest absolute Gasteiger partial charge is 0.305 e. The van der Waals surface area contributed by atoms with Crippen LogP contribution in [0.2, 0.25) is 5.02 Å². The fraction of sp³-hybridized carbons (Fsp3) is 0.222. The van der Waals surface area contributed by atoms with Crippen LogP contribution in [-0.2, 0) is 9.59 Å². The molecule has 0 fully saturated rings. The summed E-state index contributed by atoms with van der Waals surface area (Å²) in [5, 5.41) is 36.8. The first kappa shape index (κ1) is 23.2. The summed E-state index contributed by atoms with van der Waals surface area (Å²) in [5.41, 5.74) is 1.15. The second-order valence-corrected chi connectivity index (χ2v) is 7.27. The van der Waals surface area contributed by atoms with Crippen molar-refractivity contribution in [3.05, 3.63) is 56.0 Å². The lowest BCUT2D eigenvalue weighted by atomic mass is 10.2. The zero-order valence-corrected chi connectivity index (χ0v) is 17.7. The number of hydrogen-bond acceptors (Lipinski definition) is 7. The summed E-state index contributed by atoms with van der Waals surface area (Å²) in [6.45, 7) is 0.323. The van der Waals surface area contributed by atoms with Gasteiger partial charge in [-0.05, 0) is 40.2 Å². The highest BCUT2D eigenvalue weighted by Crippen LogP contribution is 2.38. The maximum absolute atomic E-state index is 10.9. The fourth-order valence-corrected chi connectivity index (χ4v) is 3.32. The van der Waals surface area contributed by atoms with Gasteiger partial charge >= 0.3 is 11.9 Å². The maximum atomic E-state index is 10.9. The Morgan fingerprint density at radius 3 is 2.10 bits per heavy atom. The molecule has 0 aliphatic rings. The molecule has 0 bridgehead atoms. The maximum Gasteiger partial charge on any atom is 0.305 e. The zero-order chi connectivity index (χ0) is 22.3. The minimum absolute atomic E-state index is 0.0601. The summed E-state index contributed by atoms with van der Waals surface area (Å²) in [7, 11) is 0. The third-order valence-corrected chi connectivity index (χ3v) is 4.78. The quantitative estimate of drug-likeness (QED) is 0.260. The number of non-ortho nitro benzene ring substituents is 1. The lowest BCUT2D eigenvalue weighted by Crippen LogP contribution is -2.28. The summed E-state index contributed by atoms with van der Waals surface area (Å²) in [6, 6.07) is 9.04. The van der Waals surface area contributed by atoms with Crippen LogP contribution in [-0.4, -0.2) is 40.2 Å². The molecule has 0 spiro atoms. The van der Waals surface area contributed by atoms with Crippen molar-refractivity contribution in [1.82, 2.24) is 0 Å². The lowest BCUT2D eigenvalue weighted by Gasteiger charge is -2.23. The van der Waals surface area contributed by atoms with E-state index < -0.39 is 16.9 Å². The van der Waals surface area contributed by atoms with E-state index in [1.807, 2.05) is 0 Å². The number of rotatable bonds is 10. The standard InChI is InChI=1S/C18H16BrClN4O6/c19-14-9-13(24(29)30)10-15(20)18(14)22-21-11-1-3-12(4-2-11)23(7-5-16(25)26)8-6-17(27)28/h1-4,9-10H,5-8H2,(H,25,26)(H,27,28). The lowest BCUT2D eigenvalue weighted by molar-refractivity contribution is -0.384. The fourth-order valence-electron chi connectivity index (χ4n) is 2.42. The van der Waals surface area contributed by atoms with Crippen molar-refractivity contribution in [2.75, 3.05) is 18.0 Å². The minimum atomic E-state index is -0.980. The third-order valence-electron chi connectivity index (χ3n) is 3.88. The number of halogens is 2. The molecule has 0 aromatic heterocycles. The first-order valence-corrected chi connectivity index (χ1v) is 9.68. The molecule has 12 heteroatoms. The highest BCUT2D eigenvalue weighted by atomic mass is 79.9. The van der Waals surface area contributed by atoms with E-state index in [1.54, 1.807) is 29.2 Å². The zero-order valence-electron chi connectivity index (χ0n) is 15.4. The number of hydrogen-bond donors (Lipinski definition) is 2. The number of carbonyl (C=O) groups is 2. The Hall–Kier alpha value is -3.05. The third kappa shape index (κ3) is 6.78. The van der Waals surface area contributed by atoms with Crippen molar-refractivity contribution in [3.63, 3.8) is 0 Å². The van der Waals surface area contributed by atoms with E-state index in [0.717, 1.165) is 0 Å². The molecule has 0 aliphatic heterocycles. The van der Waals surface area contributed by atoms with Crippen LogP contribution in [0.1, 0.15) is 12.8 Å². The van der Waals surface area contributed by atoms with E-state index in [9.17, 15) is 19.7 Å². The molecule has 2 aromatic rings. The van der Waals surface area contributed by atoms with Crippen LogP contribution in [0.3, 0.4) is 0 Å². The van der Waals surface area contributed by atoms with Gasteiger partial charge in [0.25, 0.3) is 5.69 Å². The highest BCUT2D eigenvalue weighted by molar-refractivity contribution is 9.10. The Balaban J connectivity index is 2.18. The summed E-state index contributed by atoms with van der Waals surface area (Å²) in [4.78, 5) is 33.6. The largest absolute Gasteiger partial charge is 0.481 e. The number of benzene rings is 2. The van der Waals surface area contributed by atoms with Gasteiger partial charge in [0.05, 0.1) is 32.9 Å². The summed E-state index contributed by atoms with van der Waals surface area (Å²) in [5.74, 6) is -1.96.